The number of pyridine rings is 1. The number of amides is 3. The van der Waals surface area contributed by atoms with Gasteiger partial charge in [0.05, 0.1) is 25.4 Å². The second kappa shape index (κ2) is 8.94. The van der Waals surface area contributed by atoms with Gasteiger partial charge in [0, 0.05) is 42.7 Å². The van der Waals surface area contributed by atoms with E-state index >= 15 is 0 Å². The first kappa shape index (κ1) is 22.7. The van der Waals surface area contributed by atoms with Crippen LogP contribution < -0.4 is 9.64 Å². The largest absolute Gasteiger partial charge is 0.497 e. The molecule has 0 radical (unpaired) electrons. The Hall–Kier alpha value is -4.08. The van der Waals surface area contributed by atoms with Crippen molar-refractivity contribution in [1.29, 1.82) is 0 Å². The number of aryl methyl sites for hydroxylation is 1. The molecule has 35 heavy (non-hydrogen) atoms. The fourth-order valence-corrected chi connectivity index (χ4v) is 5.11. The van der Waals surface area contributed by atoms with Gasteiger partial charge in [0.1, 0.15) is 11.6 Å². The number of H-pyrrole nitrogens is 1. The fourth-order valence-electron chi connectivity index (χ4n) is 5.11. The lowest BCUT2D eigenvalue weighted by Gasteiger charge is -2.43. The molecule has 2 aliphatic heterocycles. The van der Waals surface area contributed by atoms with E-state index in [-0.39, 0.29) is 6.03 Å². The van der Waals surface area contributed by atoms with Crippen LogP contribution in [0.1, 0.15) is 24.1 Å². The monoisotopic (exact) mass is 476 g/mol. The third-order valence-electron chi connectivity index (χ3n) is 7.08. The summed E-state index contributed by atoms with van der Waals surface area (Å²) in [5.74, 6) is 1.32. The summed E-state index contributed by atoms with van der Waals surface area (Å²) in [5, 5.41) is 16.3. The van der Waals surface area contributed by atoms with Crippen LogP contribution in [0.2, 0.25) is 0 Å². The molecule has 0 unspecified atom stereocenters. The lowest BCUT2D eigenvalue weighted by Crippen LogP contribution is -2.55. The predicted molar refractivity (Wildman–Crippen MR) is 129 cm³/mol. The Labute approximate surface area is 203 Å². The number of likely N-dealkylation sites (tertiary alicyclic amines) is 1. The van der Waals surface area contributed by atoms with Gasteiger partial charge in [0.2, 0.25) is 0 Å². The Morgan fingerprint density at radius 2 is 2.03 bits per heavy atom. The summed E-state index contributed by atoms with van der Waals surface area (Å²) in [6, 6.07) is 11.4. The van der Waals surface area contributed by atoms with Gasteiger partial charge in [-0.05, 0) is 49.6 Å². The standard InChI is InChI=1S/C25H28N6O4/c1-17-21(19-13-26-27-14-19)6-7-22(28-17)30-16-25(8-10-29(11-9-25)24(33)34)31(23(30)32)15-18-4-3-5-20(12-18)35-2/h3-7,12-14H,8-11,15-16H2,1-2H3,(H,26,27)(H,33,34). The number of hydrogen-bond acceptors (Lipinski definition) is 5. The number of methoxy groups -OCH3 is 1. The third-order valence-corrected chi connectivity index (χ3v) is 7.08. The number of aromatic amines is 1. The van der Waals surface area contributed by atoms with Crippen molar-refractivity contribution in [2.75, 3.05) is 31.6 Å². The molecule has 3 amide bonds. The Morgan fingerprint density at radius 1 is 1.23 bits per heavy atom. The van der Waals surface area contributed by atoms with Crippen molar-refractivity contribution in [3.05, 3.63) is 60.0 Å². The van der Waals surface area contributed by atoms with Gasteiger partial charge in [-0.1, -0.05) is 12.1 Å². The van der Waals surface area contributed by atoms with Crippen LogP contribution >= 0.6 is 0 Å². The number of aromatic nitrogens is 3. The molecule has 0 saturated carbocycles. The Morgan fingerprint density at radius 3 is 2.69 bits per heavy atom. The average molecular weight is 477 g/mol. The number of carboxylic acid groups (broad SMARTS) is 1. The van der Waals surface area contributed by atoms with E-state index in [1.54, 1.807) is 18.2 Å². The number of nitrogens with one attached hydrogen (secondary N) is 1. The summed E-state index contributed by atoms with van der Waals surface area (Å²) in [6.07, 6.45) is 3.76. The summed E-state index contributed by atoms with van der Waals surface area (Å²) in [4.78, 5) is 35.1. The molecule has 0 bridgehead atoms. The van der Waals surface area contributed by atoms with Gasteiger partial charge >= 0.3 is 12.1 Å². The van der Waals surface area contributed by atoms with Crippen LogP contribution in [0.25, 0.3) is 11.1 Å². The molecule has 1 spiro atoms. The van der Waals surface area contributed by atoms with E-state index in [1.165, 1.54) is 4.90 Å². The fraction of sp³-hybridized carbons (Fsp3) is 0.360. The van der Waals surface area contributed by atoms with Gasteiger partial charge in [0.25, 0.3) is 0 Å². The molecule has 0 atom stereocenters. The van der Waals surface area contributed by atoms with Crippen molar-refractivity contribution < 1.29 is 19.4 Å². The molecule has 10 heteroatoms. The maximum absolute atomic E-state index is 13.8. The third kappa shape index (κ3) is 4.16. The topological polar surface area (TPSA) is 115 Å². The molecule has 4 heterocycles. The lowest BCUT2D eigenvalue weighted by atomic mass is 9.86. The van der Waals surface area contributed by atoms with Crippen molar-refractivity contribution in [2.45, 2.75) is 31.8 Å². The molecule has 2 saturated heterocycles. The Bertz CT molecular complexity index is 1240. The van der Waals surface area contributed by atoms with Gasteiger partial charge in [-0.2, -0.15) is 5.10 Å². The van der Waals surface area contributed by atoms with Crippen LogP contribution in [0.15, 0.2) is 48.8 Å². The number of rotatable bonds is 5. The van der Waals surface area contributed by atoms with Crippen molar-refractivity contribution in [3.8, 4) is 16.9 Å². The predicted octanol–water partition coefficient (Wildman–Crippen LogP) is 3.74. The summed E-state index contributed by atoms with van der Waals surface area (Å²) >= 11 is 0. The highest BCUT2D eigenvalue weighted by Gasteiger charge is 2.52. The second-order valence-corrected chi connectivity index (χ2v) is 9.09. The van der Waals surface area contributed by atoms with E-state index < -0.39 is 11.6 Å². The van der Waals surface area contributed by atoms with Gasteiger partial charge in [-0.3, -0.25) is 10.00 Å². The number of urea groups is 1. The highest BCUT2D eigenvalue weighted by Crippen LogP contribution is 2.39. The van der Waals surface area contributed by atoms with E-state index in [0.29, 0.717) is 44.8 Å². The zero-order valence-corrected chi connectivity index (χ0v) is 19.8. The van der Waals surface area contributed by atoms with Crippen molar-refractivity contribution >= 4 is 17.9 Å². The van der Waals surface area contributed by atoms with Crippen molar-refractivity contribution in [3.63, 3.8) is 0 Å². The van der Waals surface area contributed by atoms with Gasteiger partial charge in [-0.15, -0.1) is 0 Å². The second-order valence-electron chi connectivity index (χ2n) is 9.09. The van der Waals surface area contributed by atoms with Crippen LogP contribution in [0.5, 0.6) is 5.75 Å². The summed E-state index contributed by atoms with van der Waals surface area (Å²) < 4.78 is 5.37. The number of piperidine rings is 1. The Balaban J connectivity index is 1.47. The van der Waals surface area contributed by atoms with E-state index in [2.05, 4.69) is 10.2 Å². The zero-order chi connectivity index (χ0) is 24.6. The minimum Gasteiger partial charge on any atom is -0.497 e. The lowest BCUT2D eigenvalue weighted by molar-refractivity contribution is 0.0686. The average Bonchev–Trinajstić information content (AvgIpc) is 3.48. The normalized spacial score (nSPS) is 17.3. The molecular weight excluding hydrogens is 448 g/mol. The SMILES string of the molecule is COc1cccc(CN2C(=O)N(c3ccc(-c4cn[nH]c4)c(C)n3)CC23CCN(C(=O)O)CC3)c1. The molecule has 10 nitrogen and oxygen atoms in total. The number of carbonyl (C=O) groups excluding carboxylic acids is 1. The maximum Gasteiger partial charge on any atom is 0.407 e. The number of benzene rings is 1. The Kier molecular flexibility index (Phi) is 5.80. The van der Waals surface area contributed by atoms with Gasteiger partial charge < -0.3 is 19.6 Å². The van der Waals surface area contributed by atoms with Crippen LogP contribution in [-0.4, -0.2) is 74.5 Å². The molecule has 0 aliphatic carbocycles. The summed E-state index contributed by atoms with van der Waals surface area (Å²) in [6.45, 7) is 3.56. The summed E-state index contributed by atoms with van der Waals surface area (Å²) in [5.41, 5.74) is 3.17. The number of carbonyl (C=O) groups is 2. The number of nitrogens with zero attached hydrogens (tertiary/aromatic N) is 5. The van der Waals surface area contributed by atoms with Crippen molar-refractivity contribution in [1.82, 2.24) is 25.0 Å². The first-order valence-corrected chi connectivity index (χ1v) is 11.6. The van der Waals surface area contributed by atoms with Crippen LogP contribution in [0.3, 0.4) is 0 Å². The van der Waals surface area contributed by atoms with Gasteiger partial charge in [0.15, 0.2) is 0 Å². The smallest absolute Gasteiger partial charge is 0.407 e. The van der Waals surface area contributed by atoms with E-state index in [4.69, 9.17) is 9.72 Å². The minimum absolute atomic E-state index is 0.125. The van der Waals surface area contributed by atoms with Crippen LogP contribution in [0.4, 0.5) is 15.4 Å². The molecule has 2 fully saturated rings. The number of anilines is 1. The van der Waals surface area contributed by atoms with E-state index in [0.717, 1.165) is 28.1 Å². The molecule has 182 valence electrons. The molecule has 3 aromatic rings. The quantitative estimate of drug-likeness (QED) is 0.580. The molecule has 5 rings (SSSR count). The number of ether oxygens (including phenoxy) is 1. The highest BCUT2D eigenvalue weighted by molar-refractivity contribution is 5.94. The van der Waals surface area contributed by atoms with E-state index in [1.807, 2.05) is 54.4 Å². The summed E-state index contributed by atoms with van der Waals surface area (Å²) in [7, 11) is 1.62. The molecule has 2 N–H and O–H groups in total. The van der Waals surface area contributed by atoms with Crippen LogP contribution in [-0.2, 0) is 6.54 Å². The first-order chi connectivity index (χ1) is 16.9. The van der Waals surface area contributed by atoms with E-state index in [9.17, 15) is 14.7 Å². The molecule has 2 aliphatic rings. The molecular formula is C25H28N6O4. The molecule has 1 aromatic carbocycles. The first-order valence-electron chi connectivity index (χ1n) is 11.6. The van der Waals surface area contributed by atoms with Crippen LogP contribution in [0, 0.1) is 6.92 Å². The highest BCUT2D eigenvalue weighted by atomic mass is 16.5. The zero-order valence-electron chi connectivity index (χ0n) is 19.8. The molecule has 2 aromatic heterocycles. The number of hydrogen-bond donors (Lipinski definition) is 2. The maximum atomic E-state index is 13.8. The van der Waals surface area contributed by atoms with Gasteiger partial charge in [-0.25, -0.2) is 14.6 Å². The minimum atomic E-state index is -0.924. The van der Waals surface area contributed by atoms with Crippen molar-refractivity contribution in [2.24, 2.45) is 0 Å².